The van der Waals surface area contributed by atoms with Crippen molar-refractivity contribution >= 4 is 11.4 Å². The fourth-order valence-electron chi connectivity index (χ4n) is 2.13. The summed E-state index contributed by atoms with van der Waals surface area (Å²) in [6.07, 6.45) is 2.29. The summed E-state index contributed by atoms with van der Waals surface area (Å²) in [4.78, 5) is 2.14. The normalized spacial score (nSPS) is 14.4. The van der Waals surface area contributed by atoms with Gasteiger partial charge < -0.3 is 25.2 Å². The number of aliphatic hydroxyl groups is 1. The van der Waals surface area contributed by atoms with Gasteiger partial charge in [-0.3, -0.25) is 0 Å². The van der Waals surface area contributed by atoms with Gasteiger partial charge in [0.15, 0.2) is 11.5 Å². The molecule has 0 atom stereocenters. The zero-order valence-electron chi connectivity index (χ0n) is 10.8. The highest BCUT2D eigenvalue weighted by atomic mass is 16.5. The molecular formula is C13H20N2O3. The lowest BCUT2D eigenvalue weighted by atomic mass is 10.2. The van der Waals surface area contributed by atoms with Crippen LogP contribution in [0.25, 0.3) is 0 Å². The van der Waals surface area contributed by atoms with Crippen molar-refractivity contribution in [3.8, 4) is 11.5 Å². The molecule has 1 aromatic rings. The molecule has 18 heavy (non-hydrogen) atoms. The Hall–Kier alpha value is -1.62. The number of methoxy groups -OCH3 is 2. The van der Waals surface area contributed by atoms with E-state index in [2.05, 4.69) is 4.90 Å². The Bertz CT molecular complexity index is 419. The van der Waals surface area contributed by atoms with E-state index >= 15 is 0 Å². The van der Waals surface area contributed by atoms with Gasteiger partial charge in [0.25, 0.3) is 0 Å². The molecule has 0 bridgehead atoms. The summed E-state index contributed by atoms with van der Waals surface area (Å²) in [5, 5.41) is 9.15. The molecule has 0 aromatic heterocycles. The van der Waals surface area contributed by atoms with E-state index in [-0.39, 0.29) is 6.61 Å². The molecule has 0 heterocycles. The quantitative estimate of drug-likeness (QED) is 0.746. The standard InChI is InChI=1S/C13H20N2O3/c1-17-12-7-10(14)11(8-13(12)18-2)15(5-6-16)9-3-4-9/h7-9,16H,3-6,14H2,1-2H3. The molecule has 0 radical (unpaired) electrons. The predicted octanol–water partition coefficient (Wildman–Crippen LogP) is 1.25. The summed E-state index contributed by atoms with van der Waals surface area (Å²) in [5.74, 6) is 1.28. The van der Waals surface area contributed by atoms with Crippen molar-refractivity contribution in [2.24, 2.45) is 0 Å². The zero-order chi connectivity index (χ0) is 13.1. The van der Waals surface area contributed by atoms with Crippen LogP contribution in [0.2, 0.25) is 0 Å². The highest BCUT2D eigenvalue weighted by molar-refractivity contribution is 5.73. The van der Waals surface area contributed by atoms with E-state index in [1.807, 2.05) is 6.07 Å². The Morgan fingerprint density at radius 3 is 2.39 bits per heavy atom. The third-order valence-electron chi connectivity index (χ3n) is 3.17. The van der Waals surface area contributed by atoms with Crippen molar-refractivity contribution in [2.75, 3.05) is 38.0 Å². The zero-order valence-corrected chi connectivity index (χ0v) is 10.8. The molecule has 1 aliphatic rings. The largest absolute Gasteiger partial charge is 0.493 e. The third kappa shape index (κ3) is 2.46. The smallest absolute Gasteiger partial charge is 0.162 e. The van der Waals surface area contributed by atoms with Crippen LogP contribution in [0.3, 0.4) is 0 Å². The summed E-state index contributed by atoms with van der Waals surface area (Å²) in [7, 11) is 3.19. The van der Waals surface area contributed by atoms with Gasteiger partial charge in [-0.15, -0.1) is 0 Å². The first-order valence-corrected chi connectivity index (χ1v) is 6.10. The number of nitrogens with two attached hydrogens (primary N) is 1. The molecule has 0 amide bonds. The van der Waals surface area contributed by atoms with Crippen molar-refractivity contribution in [2.45, 2.75) is 18.9 Å². The van der Waals surface area contributed by atoms with E-state index < -0.39 is 0 Å². The van der Waals surface area contributed by atoms with E-state index in [1.165, 1.54) is 0 Å². The van der Waals surface area contributed by atoms with Gasteiger partial charge in [0.05, 0.1) is 32.2 Å². The molecule has 1 saturated carbocycles. The number of aliphatic hydroxyl groups excluding tert-OH is 1. The van der Waals surface area contributed by atoms with Crippen molar-refractivity contribution in [1.82, 2.24) is 0 Å². The van der Waals surface area contributed by atoms with Gasteiger partial charge in [-0.1, -0.05) is 0 Å². The number of anilines is 2. The van der Waals surface area contributed by atoms with Gasteiger partial charge in [-0.25, -0.2) is 0 Å². The number of hydrogen-bond donors (Lipinski definition) is 2. The monoisotopic (exact) mass is 252 g/mol. The second kappa shape index (κ2) is 5.35. The SMILES string of the molecule is COc1cc(N)c(N(CCO)C2CC2)cc1OC. The van der Waals surface area contributed by atoms with E-state index in [9.17, 15) is 0 Å². The summed E-state index contributed by atoms with van der Waals surface area (Å²) in [6.45, 7) is 0.703. The number of nitrogens with zero attached hydrogens (tertiary/aromatic N) is 1. The first kappa shape index (κ1) is 12.8. The number of nitrogen functional groups attached to an aromatic ring is 1. The van der Waals surface area contributed by atoms with Crippen LogP contribution < -0.4 is 20.1 Å². The molecule has 0 spiro atoms. The van der Waals surface area contributed by atoms with Gasteiger partial charge in [0.1, 0.15) is 0 Å². The van der Waals surface area contributed by atoms with Crippen LogP contribution in [-0.4, -0.2) is 38.5 Å². The van der Waals surface area contributed by atoms with Gasteiger partial charge >= 0.3 is 0 Å². The minimum atomic E-state index is 0.115. The topological polar surface area (TPSA) is 68.0 Å². The molecule has 5 heteroatoms. The van der Waals surface area contributed by atoms with Crippen LogP contribution in [-0.2, 0) is 0 Å². The Kier molecular flexibility index (Phi) is 3.81. The fraction of sp³-hybridized carbons (Fsp3) is 0.538. The number of ether oxygens (including phenoxy) is 2. The summed E-state index contributed by atoms with van der Waals surface area (Å²) in [5.41, 5.74) is 7.61. The molecule has 0 aliphatic heterocycles. The molecule has 1 fully saturated rings. The van der Waals surface area contributed by atoms with Crippen molar-refractivity contribution in [1.29, 1.82) is 0 Å². The van der Waals surface area contributed by atoms with Gasteiger partial charge in [-0.05, 0) is 12.8 Å². The average Bonchev–Trinajstić information content (AvgIpc) is 3.20. The Balaban J connectivity index is 2.35. The second-order valence-electron chi connectivity index (χ2n) is 4.41. The van der Waals surface area contributed by atoms with Crippen LogP contribution in [0, 0.1) is 0 Å². The van der Waals surface area contributed by atoms with Gasteiger partial charge in [0, 0.05) is 24.7 Å². The lowest BCUT2D eigenvalue weighted by molar-refractivity contribution is 0.301. The molecule has 1 aliphatic carbocycles. The first-order chi connectivity index (χ1) is 8.71. The molecule has 0 saturated heterocycles. The predicted molar refractivity (Wildman–Crippen MR) is 71.4 cm³/mol. The molecule has 1 aromatic carbocycles. The lowest BCUT2D eigenvalue weighted by Gasteiger charge is -2.26. The maximum Gasteiger partial charge on any atom is 0.162 e. The maximum atomic E-state index is 9.15. The highest BCUT2D eigenvalue weighted by Gasteiger charge is 2.30. The van der Waals surface area contributed by atoms with E-state index in [0.29, 0.717) is 29.8 Å². The average molecular weight is 252 g/mol. The van der Waals surface area contributed by atoms with Gasteiger partial charge in [-0.2, -0.15) is 0 Å². The van der Waals surface area contributed by atoms with Crippen molar-refractivity contribution in [3.05, 3.63) is 12.1 Å². The van der Waals surface area contributed by atoms with E-state index in [4.69, 9.17) is 20.3 Å². The molecule has 5 nitrogen and oxygen atoms in total. The minimum absolute atomic E-state index is 0.115. The highest BCUT2D eigenvalue weighted by Crippen LogP contribution is 2.40. The van der Waals surface area contributed by atoms with Crippen LogP contribution in [0.15, 0.2) is 12.1 Å². The van der Waals surface area contributed by atoms with E-state index in [0.717, 1.165) is 18.5 Å². The van der Waals surface area contributed by atoms with Crippen LogP contribution in [0.4, 0.5) is 11.4 Å². The van der Waals surface area contributed by atoms with Crippen LogP contribution in [0.1, 0.15) is 12.8 Å². The number of rotatable bonds is 6. The molecule has 2 rings (SSSR count). The second-order valence-corrected chi connectivity index (χ2v) is 4.41. The van der Waals surface area contributed by atoms with Crippen molar-refractivity contribution < 1.29 is 14.6 Å². The van der Waals surface area contributed by atoms with Crippen molar-refractivity contribution in [3.63, 3.8) is 0 Å². The summed E-state index contributed by atoms with van der Waals surface area (Å²) >= 11 is 0. The molecular weight excluding hydrogens is 232 g/mol. The van der Waals surface area contributed by atoms with Crippen LogP contribution in [0.5, 0.6) is 11.5 Å². The van der Waals surface area contributed by atoms with Gasteiger partial charge in [0.2, 0.25) is 0 Å². The van der Waals surface area contributed by atoms with E-state index in [1.54, 1.807) is 20.3 Å². The molecule has 100 valence electrons. The Morgan fingerprint density at radius 2 is 1.89 bits per heavy atom. The third-order valence-corrected chi connectivity index (χ3v) is 3.17. The van der Waals surface area contributed by atoms with Crippen LogP contribution >= 0.6 is 0 Å². The number of benzene rings is 1. The molecule has 3 N–H and O–H groups in total. The summed E-state index contributed by atoms with van der Waals surface area (Å²) in [6, 6.07) is 4.13. The lowest BCUT2D eigenvalue weighted by Crippen LogP contribution is -2.29. The Labute approximate surface area is 107 Å². The fourth-order valence-corrected chi connectivity index (χ4v) is 2.13. The summed E-state index contributed by atoms with van der Waals surface area (Å²) < 4.78 is 10.5. The number of hydrogen-bond acceptors (Lipinski definition) is 5. The maximum absolute atomic E-state index is 9.15. The minimum Gasteiger partial charge on any atom is -0.493 e. The first-order valence-electron chi connectivity index (χ1n) is 6.10. The molecule has 0 unspecified atom stereocenters. The Morgan fingerprint density at radius 1 is 1.28 bits per heavy atom.